The van der Waals surface area contributed by atoms with E-state index in [1.807, 2.05) is 18.6 Å². The second-order valence-electron chi connectivity index (χ2n) is 3.87. The van der Waals surface area contributed by atoms with E-state index in [-0.39, 0.29) is 5.75 Å². The van der Waals surface area contributed by atoms with E-state index in [1.165, 1.54) is 21.6 Å². The molecule has 0 heterocycles. The molecule has 0 saturated heterocycles. The van der Waals surface area contributed by atoms with Gasteiger partial charge in [0, 0.05) is 20.1 Å². The average Bonchev–Trinajstić information content (AvgIpc) is 2.45. The Bertz CT molecular complexity index is 605. The third-order valence-electron chi connectivity index (χ3n) is 2.94. The lowest BCUT2D eigenvalue weighted by Gasteiger charge is -2.12. The van der Waals surface area contributed by atoms with Crippen molar-refractivity contribution in [1.29, 1.82) is 0 Å². The Morgan fingerprint density at radius 3 is 1.79 bits per heavy atom. The highest BCUT2D eigenvalue weighted by Gasteiger charge is 2.15. The predicted molar refractivity (Wildman–Crippen MR) is 91.2 cm³/mol. The minimum Gasteiger partial charge on any atom is -0.288 e. The fourth-order valence-corrected chi connectivity index (χ4v) is 5.08. The van der Waals surface area contributed by atoms with E-state index in [4.69, 9.17) is 0 Å². The summed E-state index contributed by atoms with van der Waals surface area (Å²) in [5.74, 6) is 0.164. The summed E-state index contributed by atoms with van der Waals surface area (Å²) in [6.07, 6.45) is 8.11. The van der Waals surface area contributed by atoms with E-state index >= 15 is 0 Å². The zero-order valence-electron chi connectivity index (χ0n) is 11.3. The quantitative estimate of drug-likeness (QED) is 0.654. The van der Waals surface area contributed by atoms with E-state index in [9.17, 15) is 5.11 Å². The van der Waals surface area contributed by atoms with E-state index in [0.717, 1.165) is 20.6 Å². The summed E-state index contributed by atoms with van der Waals surface area (Å²) in [4.78, 5) is 4.36. The Morgan fingerprint density at radius 1 is 0.737 bits per heavy atom. The third kappa shape index (κ3) is 2.84. The van der Waals surface area contributed by atoms with E-state index in [1.54, 1.807) is 35.3 Å². The molecule has 0 saturated carbocycles. The third-order valence-corrected chi connectivity index (χ3v) is 6.33. The highest BCUT2D eigenvalue weighted by Crippen LogP contribution is 2.44. The van der Waals surface area contributed by atoms with E-state index in [0.29, 0.717) is 0 Å². The molecule has 5 heteroatoms. The molecule has 0 bridgehead atoms. The first-order valence-electron chi connectivity index (χ1n) is 5.64. The van der Waals surface area contributed by atoms with Crippen LogP contribution < -0.4 is 0 Å². The molecule has 19 heavy (non-hydrogen) atoms. The largest absolute Gasteiger partial charge is 0.288 e. The molecule has 1 nitrogen and oxygen atoms in total. The topological polar surface area (TPSA) is 19.9 Å². The van der Waals surface area contributed by atoms with Crippen LogP contribution in [0.4, 0.5) is 0 Å². The van der Waals surface area contributed by atoms with Crippen molar-refractivity contribution in [3.8, 4) is 5.75 Å². The number of rotatable bonds is 4. The monoisotopic (exact) mass is 327 g/mol. The maximum Gasteiger partial charge on any atom is 0.201 e. The molecule has 0 unspecified atom stereocenters. The van der Waals surface area contributed by atoms with Gasteiger partial charge in [-0.1, -0.05) is 0 Å². The Kier molecular flexibility index (Phi) is 5.29. The molecule has 0 fully saturated rings. The lowest BCUT2D eigenvalue weighted by atomic mass is 10.1. The summed E-state index contributed by atoms with van der Waals surface area (Å²) in [5, 5.41) is 14.4. The fourth-order valence-electron chi connectivity index (χ4n) is 2.00. The molecule has 2 aromatic rings. The van der Waals surface area contributed by atoms with Gasteiger partial charge in [-0.15, -0.1) is 47.0 Å². The number of thioether (sulfide) groups is 4. The van der Waals surface area contributed by atoms with Gasteiger partial charge in [-0.05, 0) is 48.6 Å². The molecule has 0 atom stereocenters. The second kappa shape index (κ2) is 6.57. The van der Waals surface area contributed by atoms with E-state index < -0.39 is 0 Å². The van der Waals surface area contributed by atoms with E-state index in [2.05, 4.69) is 24.6 Å². The summed E-state index contributed by atoms with van der Waals surface area (Å²) < 4.78 is 0. The Labute approximate surface area is 131 Å². The number of hydrogen-bond acceptors (Lipinski definition) is 4. The minimum atomic E-state index is 0.164. The first kappa shape index (κ1) is 15.3. The molecule has 0 aliphatic rings. The predicted octanol–water partition coefficient (Wildman–Crippen LogP) is 5.87. The lowest BCUT2D eigenvalue weighted by Crippen LogP contribution is -1.85. The summed E-state index contributed by atoms with van der Waals surface area (Å²) >= 11 is 6.60. The van der Waals surface area contributed by atoms with Crippen LogP contribution in [0.25, 0.3) is 10.8 Å². The van der Waals surface area contributed by atoms with Crippen molar-refractivity contribution in [2.24, 2.45) is 0 Å². The average molecular weight is 328 g/mol. The van der Waals surface area contributed by atoms with Crippen molar-refractivity contribution in [1.82, 2.24) is 0 Å². The first-order valence-corrected chi connectivity index (χ1v) is 10.5. The smallest absolute Gasteiger partial charge is 0.201 e. The Morgan fingerprint density at radius 2 is 1.26 bits per heavy atom. The number of fused-ring (bicyclic) bond motifs is 1. The zero-order chi connectivity index (χ0) is 14.0. The van der Waals surface area contributed by atoms with Crippen LogP contribution in [0.15, 0.2) is 37.8 Å². The molecule has 2 aromatic carbocycles. The Balaban J connectivity index is 2.80. The SMILES string of the molecule is CSc1cc2cc(SC)c(SC)c([O])c2cc1SC. The van der Waals surface area contributed by atoms with Crippen LogP contribution in [-0.2, 0) is 5.11 Å². The summed E-state index contributed by atoms with van der Waals surface area (Å²) in [6, 6.07) is 6.31. The molecule has 0 N–H and O–H groups in total. The molecule has 0 aliphatic carbocycles. The molecule has 0 aromatic heterocycles. The van der Waals surface area contributed by atoms with Crippen LogP contribution >= 0.6 is 47.0 Å². The van der Waals surface area contributed by atoms with Gasteiger partial charge in [-0.2, -0.15) is 0 Å². The molecule has 0 aliphatic heterocycles. The van der Waals surface area contributed by atoms with Crippen molar-refractivity contribution in [2.45, 2.75) is 19.6 Å². The highest BCUT2D eigenvalue weighted by molar-refractivity contribution is 8.02. The van der Waals surface area contributed by atoms with Crippen molar-refractivity contribution < 1.29 is 5.11 Å². The first-order chi connectivity index (χ1) is 9.15. The molecular weight excluding hydrogens is 312 g/mol. The molecule has 2 rings (SSSR count). The minimum absolute atomic E-state index is 0.164. The van der Waals surface area contributed by atoms with Crippen LogP contribution in [0.5, 0.6) is 5.75 Å². The van der Waals surface area contributed by atoms with Gasteiger partial charge in [0.1, 0.15) is 0 Å². The van der Waals surface area contributed by atoms with Crippen LogP contribution in [0, 0.1) is 0 Å². The van der Waals surface area contributed by atoms with Gasteiger partial charge < -0.3 is 0 Å². The van der Waals surface area contributed by atoms with Crippen molar-refractivity contribution in [2.75, 3.05) is 25.0 Å². The normalized spacial score (nSPS) is 11.2. The summed E-state index contributed by atoms with van der Waals surface area (Å²) in [7, 11) is 0. The second-order valence-corrected chi connectivity index (χ2v) is 7.23. The maximum atomic E-state index is 12.6. The lowest BCUT2D eigenvalue weighted by molar-refractivity contribution is 0.348. The molecule has 0 amide bonds. The van der Waals surface area contributed by atoms with Gasteiger partial charge >= 0.3 is 0 Å². The van der Waals surface area contributed by atoms with Crippen molar-refractivity contribution in [3.63, 3.8) is 0 Å². The summed E-state index contributed by atoms with van der Waals surface area (Å²) in [5.41, 5.74) is 0. The van der Waals surface area contributed by atoms with Gasteiger partial charge in [-0.3, -0.25) is 5.11 Å². The zero-order valence-corrected chi connectivity index (χ0v) is 14.5. The van der Waals surface area contributed by atoms with Gasteiger partial charge in [0.05, 0.1) is 4.90 Å². The molecular formula is C14H15OS4. The fraction of sp³-hybridized carbons (Fsp3) is 0.286. The van der Waals surface area contributed by atoms with Crippen LogP contribution in [0.2, 0.25) is 0 Å². The van der Waals surface area contributed by atoms with Crippen LogP contribution in [0.3, 0.4) is 0 Å². The number of hydrogen-bond donors (Lipinski definition) is 0. The summed E-state index contributed by atoms with van der Waals surface area (Å²) in [6.45, 7) is 0. The van der Waals surface area contributed by atoms with Gasteiger partial charge in [0.15, 0.2) is 0 Å². The Hall–Kier alpha value is -0.100. The molecule has 101 valence electrons. The van der Waals surface area contributed by atoms with Gasteiger partial charge in [0.25, 0.3) is 0 Å². The molecule has 1 radical (unpaired) electrons. The maximum absolute atomic E-state index is 12.6. The highest BCUT2D eigenvalue weighted by atomic mass is 32.2. The number of benzene rings is 2. The van der Waals surface area contributed by atoms with Crippen LogP contribution in [0.1, 0.15) is 0 Å². The van der Waals surface area contributed by atoms with Gasteiger partial charge in [0.2, 0.25) is 5.75 Å². The standard InChI is InChI=1S/C14H15OS4/c1-16-10-5-8-6-12(18-3)14(19-4)13(15)9(8)7-11(10)17-2/h5-7H,1-4H3. The van der Waals surface area contributed by atoms with Crippen molar-refractivity contribution in [3.05, 3.63) is 18.2 Å². The van der Waals surface area contributed by atoms with Gasteiger partial charge in [-0.25, -0.2) is 0 Å². The molecule has 0 spiro atoms. The van der Waals surface area contributed by atoms with Crippen LogP contribution in [-0.4, -0.2) is 25.0 Å². The van der Waals surface area contributed by atoms with Crippen molar-refractivity contribution >= 4 is 57.8 Å².